The molecule has 0 spiro atoms. The number of fused-ring (bicyclic) bond motifs is 1. The number of halogens is 2. The van der Waals surface area contributed by atoms with Crippen LogP contribution in [0.1, 0.15) is 31.1 Å². The summed E-state index contributed by atoms with van der Waals surface area (Å²) in [4.78, 5) is 39.4. The Morgan fingerprint density at radius 3 is 2.23 bits per heavy atom. The van der Waals surface area contributed by atoms with Gasteiger partial charge in [-0.1, -0.05) is 34.1 Å². The van der Waals surface area contributed by atoms with Crippen LogP contribution in [-0.4, -0.2) is 24.8 Å². The van der Waals surface area contributed by atoms with E-state index in [9.17, 15) is 14.4 Å². The highest BCUT2D eigenvalue weighted by atomic mass is 79.9. The van der Waals surface area contributed by atoms with Gasteiger partial charge in [-0.25, -0.2) is 4.90 Å². The summed E-state index contributed by atoms with van der Waals surface area (Å²) in [5.41, 5.74) is 1.86. The number of anilines is 2. The molecule has 0 aromatic heterocycles. The lowest BCUT2D eigenvalue weighted by atomic mass is 10.1. The summed E-state index contributed by atoms with van der Waals surface area (Å²) in [7, 11) is 1.48. The van der Waals surface area contributed by atoms with E-state index in [2.05, 4.69) is 37.2 Å². The third-order valence-electron chi connectivity index (χ3n) is 4.61. The zero-order valence-corrected chi connectivity index (χ0v) is 18.8. The summed E-state index contributed by atoms with van der Waals surface area (Å²) in [5, 5.41) is 2.79. The van der Waals surface area contributed by atoms with Crippen LogP contribution in [0.2, 0.25) is 0 Å². The van der Waals surface area contributed by atoms with Crippen LogP contribution in [0.4, 0.5) is 11.4 Å². The molecule has 4 rings (SSSR count). The Labute approximate surface area is 189 Å². The summed E-state index contributed by atoms with van der Waals surface area (Å²) in [6, 6.07) is 16.7. The quantitative estimate of drug-likeness (QED) is 0.467. The first kappa shape index (κ1) is 20.3. The summed E-state index contributed by atoms with van der Waals surface area (Å²) < 4.78 is 6.67. The number of ether oxygens (including phenoxy) is 1. The topological polar surface area (TPSA) is 75.7 Å². The van der Waals surface area contributed by atoms with Gasteiger partial charge in [-0.05, 0) is 58.4 Å². The minimum absolute atomic E-state index is 0.324. The second kappa shape index (κ2) is 8.04. The Hall–Kier alpha value is -2.97. The van der Waals surface area contributed by atoms with Gasteiger partial charge in [-0.3, -0.25) is 14.4 Å². The third-order valence-corrected chi connectivity index (χ3v) is 5.66. The monoisotopic (exact) mass is 528 g/mol. The van der Waals surface area contributed by atoms with Gasteiger partial charge in [0.15, 0.2) is 0 Å². The Balaban J connectivity index is 1.64. The van der Waals surface area contributed by atoms with E-state index in [-0.39, 0.29) is 0 Å². The lowest BCUT2D eigenvalue weighted by Gasteiger charge is -2.16. The highest BCUT2D eigenvalue weighted by Crippen LogP contribution is 2.34. The van der Waals surface area contributed by atoms with Crippen molar-refractivity contribution in [3.63, 3.8) is 0 Å². The minimum atomic E-state index is -0.395. The fraction of sp³-hybridized carbons (Fsp3) is 0.0455. The van der Waals surface area contributed by atoms with E-state index in [0.717, 1.165) is 4.90 Å². The van der Waals surface area contributed by atoms with Gasteiger partial charge in [0.25, 0.3) is 17.7 Å². The second-order valence-corrected chi connectivity index (χ2v) is 8.23. The van der Waals surface area contributed by atoms with Crippen molar-refractivity contribution in [2.45, 2.75) is 0 Å². The minimum Gasteiger partial charge on any atom is -0.495 e. The number of rotatable bonds is 4. The maximum absolute atomic E-state index is 12.9. The molecule has 3 aromatic carbocycles. The van der Waals surface area contributed by atoms with Crippen LogP contribution in [0.25, 0.3) is 0 Å². The normalized spacial score (nSPS) is 12.7. The van der Waals surface area contributed by atoms with Crippen LogP contribution in [0.15, 0.2) is 69.6 Å². The average molecular weight is 530 g/mol. The van der Waals surface area contributed by atoms with Crippen molar-refractivity contribution in [1.29, 1.82) is 0 Å². The number of hydrogen-bond acceptors (Lipinski definition) is 4. The average Bonchev–Trinajstić information content (AvgIpc) is 2.98. The molecule has 3 aromatic rings. The van der Waals surface area contributed by atoms with Crippen molar-refractivity contribution < 1.29 is 19.1 Å². The van der Waals surface area contributed by atoms with Crippen molar-refractivity contribution >= 4 is 61.0 Å². The molecule has 150 valence electrons. The molecule has 0 atom stereocenters. The van der Waals surface area contributed by atoms with Gasteiger partial charge in [0.05, 0.1) is 34.0 Å². The first-order valence-electron chi connectivity index (χ1n) is 8.83. The molecule has 1 heterocycles. The highest BCUT2D eigenvalue weighted by Gasteiger charge is 2.36. The number of methoxy groups -OCH3 is 1. The van der Waals surface area contributed by atoms with E-state index in [1.54, 1.807) is 60.7 Å². The van der Waals surface area contributed by atoms with Crippen LogP contribution in [0, 0.1) is 0 Å². The molecule has 0 saturated heterocycles. The van der Waals surface area contributed by atoms with Crippen LogP contribution in [0.5, 0.6) is 5.75 Å². The standard InChI is InChI=1S/C22H14Br2N2O4/c1-30-19-17(9-12(23)10-18(19)24)20(27)25-13-5-4-6-14(11-13)26-21(28)15-7-2-3-8-16(15)22(26)29/h2-11H,1H3,(H,25,27). The number of nitrogens with zero attached hydrogens (tertiary/aromatic N) is 1. The highest BCUT2D eigenvalue weighted by molar-refractivity contribution is 9.11. The molecule has 1 N–H and O–H groups in total. The van der Waals surface area contributed by atoms with Gasteiger partial charge in [-0.2, -0.15) is 0 Å². The zero-order chi connectivity index (χ0) is 21.4. The summed E-state index contributed by atoms with van der Waals surface area (Å²) in [5.74, 6) is -0.783. The van der Waals surface area contributed by atoms with E-state index in [4.69, 9.17) is 4.74 Å². The van der Waals surface area contributed by atoms with Gasteiger partial charge in [0.1, 0.15) is 5.75 Å². The van der Waals surface area contributed by atoms with Gasteiger partial charge >= 0.3 is 0 Å². The smallest absolute Gasteiger partial charge is 0.266 e. The first-order chi connectivity index (χ1) is 14.4. The Kier molecular flexibility index (Phi) is 5.44. The lowest BCUT2D eigenvalue weighted by Crippen LogP contribution is -2.29. The van der Waals surface area contributed by atoms with Crippen molar-refractivity contribution in [2.24, 2.45) is 0 Å². The SMILES string of the molecule is COc1c(Br)cc(Br)cc1C(=O)Nc1cccc(N2C(=O)c3ccccc3C2=O)c1. The summed E-state index contributed by atoms with van der Waals surface area (Å²) >= 11 is 6.75. The van der Waals surface area contributed by atoms with Crippen molar-refractivity contribution in [1.82, 2.24) is 0 Å². The van der Waals surface area contributed by atoms with E-state index in [1.165, 1.54) is 7.11 Å². The Bertz CT molecular complexity index is 1170. The summed E-state index contributed by atoms with van der Waals surface area (Å²) in [6.45, 7) is 0. The van der Waals surface area contributed by atoms with Crippen molar-refractivity contribution in [3.8, 4) is 5.75 Å². The second-order valence-electron chi connectivity index (χ2n) is 6.46. The maximum atomic E-state index is 12.9. The largest absolute Gasteiger partial charge is 0.495 e. The predicted molar refractivity (Wildman–Crippen MR) is 120 cm³/mol. The Morgan fingerprint density at radius 1 is 0.933 bits per heavy atom. The van der Waals surface area contributed by atoms with Gasteiger partial charge in [0, 0.05) is 10.2 Å². The number of hydrogen-bond donors (Lipinski definition) is 1. The molecule has 1 aliphatic rings. The molecule has 8 heteroatoms. The van der Waals surface area contributed by atoms with E-state index in [1.807, 2.05) is 0 Å². The molecular weight excluding hydrogens is 516 g/mol. The maximum Gasteiger partial charge on any atom is 0.266 e. The fourth-order valence-electron chi connectivity index (χ4n) is 3.28. The molecule has 3 amide bonds. The summed E-state index contributed by atoms with van der Waals surface area (Å²) in [6.07, 6.45) is 0. The molecule has 0 saturated carbocycles. The molecule has 1 aliphatic heterocycles. The van der Waals surface area contributed by atoms with E-state index < -0.39 is 17.7 Å². The number of carbonyl (C=O) groups is 3. The van der Waals surface area contributed by atoms with Gasteiger partial charge < -0.3 is 10.1 Å². The molecule has 0 unspecified atom stereocenters. The molecule has 0 bridgehead atoms. The van der Waals surface area contributed by atoms with E-state index >= 15 is 0 Å². The lowest BCUT2D eigenvalue weighted by molar-refractivity contribution is 0.0925. The molecule has 0 fully saturated rings. The number of nitrogens with one attached hydrogen (secondary N) is 1. The van der Waals surface area contributed by atoms with Crippen molar-refractivity contribution in [3.05, 3.63) is 86.3 Å². The van der Waals surface area contributed by atoms with E-state index in [0.29, 0.717) is 42.8 Å². The molecular formula is C22H14Br2N2O4. The molecule has 6 nitrogen and oxygen atoms in total. The predicted octanol–water partition coefficient (Wildman–Crippen LogP) is 5.27. The molecule has 0 radical (unpaired) electrons. The number of benzene rings is 3. The number of amides is 3. The first-order valence-corrected chi connectivity index (χ1v) is 10.4. The zero-order valence-electron chi connectivity index (χ0n) is 15.6. The van der Waals surface area contributed by atoms with Crippen LogP contribution >= 0.6 is 31.9 Å². The number of imide groups is 1. The van der Waals surface area contributed by atoms with Gasteiger partial charge in [0.2, 0.25) is 0 Å². The third kappa shape index (κ3) is 3.53. The van der Waals surface area contributed by atoms with Crippen LogP contribution < -0.4 is 15.0 Å². The Morgan fingerprint density at radius 2 is 1.60 bits per heavy atom. The van der Waals surface area contributed by atoms with Crippen LogP contribution in [0.3, 0.4) is 0 Å². The number of carbonyl (C=O) groups excluding carboxylic acids is 3. The van der Waals surface area contributed by atoms with Crippen LogP contribution in [-0.2, 0) is 0 Å². The van der Waals surface area contributed by atoms with Crippen molar-refractivity contribution in [2.75, 3.05) is 17.3 Å². The van der Waals surface area contributed by atoms with Gasteiger partial charge in [-0.15, -0.1) is 0 Å². The molecule has 0 aliphatic carbocycles. The molecule has 30 heavy (non-hydrogen) atoms. The fourth-order valence-corrected chi connectivity index (χ4v) is 4.67.